The number of urea groups is 1. The molecule has 0 radical (unpaired) electrons. The number of amides is 4. The fourth-order valence-electron chi connectivity index (χ4n) is 2.79. The summed E-state index contributed by atoms with van der Waals surface area (Å²) in [6, 6.07) is 12.4. The van der Waals surface area contributed by atoms with Crippen LogP contribution < -0.4 is 21.4 Å². The molecule has 152 valence electrons. The van der Waals surface area contributed by atoms with E-state index >= 15 is 0 Å². The lowest BCUT2D eigenvalue weighted by Gasteiger charge is -2.18. The van der Waals surface area contributed by atoms with Crippen molar-refractivity contribution in [2.45, 2.75) is 16.2 Å². The standard InChI is InChI=1S/C18H18N4O6S/c1-26-21-17(24)20-12-5-7-13(8-6-12)29-14-4-2-3-11-9-10-22(15(11)14)18(25)28-27-16(19)23/h2-8H,9-10H2,1H3,(H2,19,23)(H2,20,21,24). The van der Waals surface area contributed by atoms with E-state index in [1.165, 1.54) is 23.8 Å². The molecule has 4 amide bonds. The molecule has 0 spiro atoms. The van der Waals surface area contributed by atoms with Crippen molar-refractivity contribution < 1.29 is 29.0 Å². The van der Waals surface area contributed by atoms with Gasteiger partial charge < -0.3 is 11.1 Å². The maximum atomic E-state index is 12.2. The minimum absolute atomic E-state index is 0.394. The molecule has 0 aromatic heterocycles. The first-order valence-corrected chi connectivity index (χ1v) is 9.25. The van der Waals surface area contributed by atoms with Gasteiger partial charge in [-0.2, -0.15) is 0 Å². The highest BCUT2D eigenvalue weighted by molar-refractivity contribution is 7.99. The number of rotatable bonds is 4. The van der Waals surface area contributed by atoms with Crippen LogP contribution in [0.2, 0.25) is 0 Å². The van der Waals surface area contributed by atoms with Crippen molar-refractivity contribution in [2.24, 2.45) is 5.73 Å². The summed E-state index contributed by atoms with van der Waals surface area (Å²) in [5.41, 5.74) is 9.25. The van der Waals surface area contributed by atoms with E-state index in [1.807, 2.05) is 30.3 Å². The largest absolute Gasteiger partial charge is 0.457 e. The Morgan fingerprint density at radius 2 is 1.86 bits per heavy atom. The summed E-state index contributed by atoms with van der Waals surface area (Å²) in [7, 11) is 1.34. The fourth-order valence-corrected chi connectivity index (χ4v) is 3.80. The molecule has 29 heavy (non-hydrogen) atoms. The maximum absolute atomic E-state index is 12.2. The highest BCUT2D eigenvalue weighted by Crippen LogP contribution is 2.41. The first-order valence-electron chi connectivity index (χ1n) is 8.43. The second kappa shape index (κ2) is 9.17. The predicted octanol–water partition coefficient (Wildman–Crippen LogP) is 3.03. The lowest BCUT2D eigenvalue weighted by atomic mass is 10.2. The lowest BCUT2D eigenvalue weighted by Crippen LogP contribution is -2.31. The molecule has 2 aromatic rings. The number of anilines is 2. The maximum Gasteiger partial charge on any atom is 0.457 e. The van der Waals surface area contributed by atoms with Crippen molar-refractivity contribution in [3.05, 3.63) is 48.0 Å². The number of nitrogens with two attached hydrogens (primary N) is 1. The smallest absolute Gasteiger partial charge is 0.332 e. The Labute approximate surface area is 170 Å². The molecular weight excluding hydrogens is 400 g/mol. The number of hydrogen-bond acceptors (Lipinski definition) is 7. The van der Waals surface area contributed by atoms with Gasteiger partial charge in [0.2, 0.25) is 0 Å². The molecule has 0 fully saturated rings. The second-order valence-corrected chi connectivity index (χ2v) is 6.92. The van der Waals surface area contributed by atoms with Gasteiger partial charge in [0.05, 0.1) is 12.8 Å². The van der Waals surface area contributed by atoms with Crippen LogP contribution in [0.25, 0.3) is 0 Å². The van der Waals surface area contributed by atoms with Crippen molar-refractivity contribution in [2.75, 3.05) is 23.9 Å². The quantitative estimate of drug-likeness (QED) is 0.513. The normalized spacial score (nSPS) is 12.1. The minimum Gasteiger partial charge on any atom is -0.332 e. The molecule has 0 saturated carbocycles. The van der Waals surface area contributed by atoms with E-state index < -0.39 is 18.2 Å². The van der Waals surface area contributed by atoms with Crippen LogP contribution in [-0.2, 0) is 21.0 Å². The summed E-state index contributed by atoms with van der Waals surface area (Å²) >= 11 is 1.44. The van der Waals surface area contributed by atoms with Crippen LogP contribution in [0, 0.1) is 0 Å². The molecule has 0 aliphatic carbocycles. The number of carbonyl (C=O) groups excluding carboxylic acids is 3. The van der Waals surface area contributed by atoms with E-state index in [9.17, 15) is 14.4 Å². The van der Waals surface area contributed by atoms with E-state index in [-0.39, 0.29) is 0 Å². The van der Waals surface area contributed by atoms with Crippen molar-refractivity contribution >= 4 is 41.4 Å². The Bertz CT molecular complexity index is 921. The number of nitrogens with zero attached hydrogens (tertiary/aromatic N) is 1. The Hall–Kier alpha value is -3.44. The number of hydrogen-bond donors (Lipinski definition) is 3. The SMILES string of the molecule is CONC(=O)Nc1ccc(Sc2cccc3c2N(C(=O)OOC(N)=O)CC3)cc1. The Morgan fingerprint density at radius 3 is 2.55 bits per heavy atom. The third-order valence-electron chi connectivity index (χ3n) is 3.91. The van der Waals surface area contributed by atoms with Gasteiger partial charge in [0.15, 0.2) is 0 Å². The number of primary amides is 1. The Kier molecular flexibility index (Phi) is 6.42. The summed E-state index contributed by atoms with van der Waals surface area (Å²) < 4.78 is 0. The molecule has 4 N–H and O–H groups in total. The van der Waals surface area contributed by atoms with Crippen molar-refractivity contribution in [3.8, 4) is 0 Å². The van der Waals surface area contributed by atoms with Crippen LogP contribution in [0.15, 0.2) is 52.3 Å². The number of hydroxylamine groups is 1. The van der Waals surface area contributed by atoms with Gasteiger partial charge in [-0.3, -0.25) is 9.74 Å². The molecule has 2 aromatic carbocycles. The lowest BCUT2D eigenvalue weighted by molar-refractivity contribution is -0.173. The zero-order valence-electron chi connectivity index (χ0n) is 15.3. The number of para-hydroxylation sites is 1. The van der Waals surface area contributed by atoms with Crippen molar-refractivity contribution in [1.82, 2.24) is 5.48 Å². The molecule has 0 atom stereocenters. The van der Waals surface area contributed by atoms with E-state index in [4.69, 9.17) is 5.73 Å². The van der Waals surface area contributed by atoms with Gasteiger partial charge in [-0.25, -0.2) is 29.6 Å². The molecular formula is C18H18N4O6S. The van der Waals surface area contributed by atoms with Crippen molar-refractivity contribution in [1.29, 1.82) is 0 Å². The summed E-state index contributed by atoms with van der Waals surface area (Å²) in [5, 5.41) is 2.62. The zero-order chi connectivity index (χ0) is 20.8. The molecule has 10 nitrogen and oxygen atoms in total. The Morgan fingerprint density at radius 1 is 1.10 bits per heavy atom. The molecule has 1 heterocycles. The molecule has 0 unspecified atom stereocenters. The fraction of sp³-hybridized carbons (Fsp3) is 0.167. The minimum atomic E-state index is -1.20. The third kappa shape index (κ3) is 5.09. The van der Waals surface area contributed by atoms with Crippen LogP contribution in [0.3, 0.4) is 0 Å². The third-order valence-corrected chi connectivity index (χ3v) is 4.96. The van der Waals surface area contributed by atoms with Crippen LogP contribution in [0.4, 0.5) is 25.8 Å². The van der Waals surface area contributed by atoms with Gasteiger partial charge in [-0.1, -0.05) is 23.9 Å². The van der Waals surface area contributed by atoms with Crippen LogP contribution in [-0.4, -0.2) is 31.9 Å². The van der Waals surface area contributed by atoms with Crippen molar-refractivity contribution in [3.63, 3.8) is 0 Å². The average Bonchev–Trinajstić information content (AvgIpc) is 3.13. The van der Waals surface area contributed by atoms with E-state index in [0.717, 1.165) is 15.4 Å². The number of fused-ring (bicyclic) bond motifs is 1. The highest BCUT2D eigenvalue weighted by atomic mass is 32.2. The first-order chi connectivity index (χ1) is 14.0. The molecule has 1 aliphatic heterocycles. The number of nitrogens with one attached hydrogen (secondary N) is 2. The van der Waals surface area contributed by atoms with Gasteiger partial charge in [-0.15, -0.1) is 0 Å². The molecule has 0 bridgehead atoms. The second-order valence-electron chi connectivity index (χ2n) is 5.80. The van der Waals surface area contributed by atoms with Gasteiger partial charge in [-0.05, 0) is 42.3 Å². The monoisotopic (exact) mass is 418 g/mol. The summed E-state index contributed by atoms with van der Waals surface area (Å²) in [4.78, 5) is 50.6. The summed E-state index contributed by atoms with van der Waals surface area (Å²) in [6.07, 6.45) is -1.38. The molecule has 11 heteroatoms. The van der Waals surface area contributed by atoms with Crippen LogP contribution >= 0.6 is 11.8 Å². The van der Waals surface area contributed by atoms with E-state index in [1.54, 1.807) is 12.1 Å². The molecule has 1 aliphatic rings. The number of carbonyl (C=O) groups is 3. The van der Waals surface area contributed by atoms with Gasteiger partial charge in [0, 0.05) is 22.0 Å². The van der Waals surface area contributed by atoms with Gasteiger partial charge in [0.25, 0.3) is 0 Å². The van der Waals surface area contributed by atoms with Gasteiger partial charge in [0.1, 0.15) is 0 Å². The summed E-state index contributed by atoms with van der Waals surface area (Å²) in [6.45, 7) is 0.394. The van der Waals surface area contributed by atoms with Gasteiger partial charge >= 0.3 is 18.2 Å². The zero-order valence-corrected chi connectivity index (χ0v) is 16.2. The highest BCUT2D eigenvalue weighted by Gasteiger charge is 2.30. The summed E-state index contributed by atoms with van der Waals surface area (Å²) in [5.74, 6) is 0. The van der Waals surface area contributed by atoms with E-state index in [2.05, 4.69) is 25.4 Å². The average molecular weight is 418 g/mol. The molecule has 3 rings (SSSR count). The van der Waals surface area contributed by atoms with Crippen LogP contribution in [0.1, 0.15) is 5.56 Å². The Balaban J connectivity index is 1.74. The van der Waals surface area contributed by atoms with Crippen LogP contribution in [0.5, 0.6) is 0 Å². The first kappa shape index (κ1) is 20.3. The molecule has 0 saturated heterocycles. The topological polar surface area (TPSA) is 132 Å². The van der Waals surface area contributed by atoms with E-state index in [0.29, 0.717) is 24.3 Å². The number of benzene rings is 2. The predicted molar refractivity (Wildman–Crippen MR) is 104 cm³/mol.